The standard InChI is InChI=1S/C12H25NO3S.3CH4/c1-11(2,3)10(14)8-9-13(12(4,5)6)17(7,15)16;;;/h8-9H2,1-7H3;3*1H4. The molecule has 0 saturated heterocycles. The number of nitrogens with zero attached hydrogens (tertiary/aromatic N) is 1. The lowest BCUT2D eigenvalue weighted by molar-refractivity contribution is -0.126. The Morgan fingerprint density at radius 1 is 0.950 bits per heavy atom. The Morgan fingerprint density at radius 3 is 1.50 bits per heavy atom. The lowest BCUT2D eigenvalue weighted by atomic mass is 9.89. The van der Waals surface area contributed by atoms with Crippen LogP contribution in [0.3, 0.4) is 0 Å². The van der Waals surface area contributed by atoms with E-state index in [4.69, 9.17) is 0 Å². The minimum atomic E-state index is -3.28. The van der Waals surface area contributed by atoms with Crippen LogP contribution in [0.15, 0.2) is 0 Å². The molecule has 0 aliphatic heterocycles. The predicted molar refractivity (Wildman–Crippen MR) is 90.6 cm³/mol. The van der Waals surface area contributed by atoms with Gasteiger partial charge in [0.25, 0.3) is 0 Å². The van der Waals surface area contributed by atoms with E-state index < -0.39 is 21.0 Å². The smallest absolute Gasteiger partial charge is 0.211 e. The molecule has 126 valence electrons. The van der Waals surface area contributed by atoms with Crippen molar-refractivity contribution >= 4 is 15.8 Å². The monoisotopic (exact) mass is 311 g/mol. The van der Waals surface area contributed by atoms with E-state index in [1.165, 1.54) is 10.6 Å². The number of carbonyl (C=O) groups excluding carboxylic acids is 1. The second-order valence-electron chi connectivity index (χ2n) is 6.43. The summed E-state index contributed by atoms with van der Waals surface area (Å²) in [6.07, 6.45) is 1.44. The zero-order valence-electron chi connectivity index (χ0n) is 12.0. The Bertz CT molecular complexity index is 373. The summed E-state index contributed by atoms with van der Waals surface area (Å²) in [5.74, 6) is 0.0791. The van der Waals surface area contributed by atoms with Gasteiger partial charge in [-0.2, -0.15) is 4.31 Å². The number of Topliss-reactive ketones (excluding diaryl/α,β-unsaturated/α-hetero) is 1. The molecular formula is C15H37NO3S. The first-order chi connectivity index (χ1) is 7.26. The highest BCUT2D eigenvalue weighted by Gasteiger charge is 2.31. The molecule has 0 unspecified atom stereocenters. The largest absolute Gasteiger partial charge is 0.299 e. The molecule has 0 amide bonds. The summed E-state index contributed by atoms with van der Waals surface area (Å²) in [4.78, 5) is 11.8. The molecule has 4 nitrogen and oxygen atoms in total. The van der Waals surface area contributed by atoms with Gasteiger partial charge in [-0.25, -0.2) is 8.42 Å². The average molecular weight is 312 g/mol. The highest BCUT2D eigenvalue weighted by Crippen LogP contribution is 2.21. The second-order valence-corrected chi connectivity index (χ2v) is 8.34. The number of carbonyl (C=O) groups is 1. The molecule has 20 heavy (non-hydrogen) atoms. The lowest BCUT2D eigenvalue weighted by Gasteiger charge is -2.33. The van der Waals surface area contributed by atoms with Crippen LogP contribution in [-0.2, 0) is 14.8 Å². The first-order valence-corrected chi connectivity index (χ1v) is 7.62. The lowest BCUT2D eigenvalue weighted by Crippen LogP contribution is -2.46. The first kappa shape index (κ1) is 27.8. The van der Waals surface area contributed by atoms with Gasteiger partial charge < -0.3 is 0 Å². The van der Waals surface area contributed by atoms with Crippen LogP contribution in [0, 0.1) is 5.41 Å². The van der Waals surface area contributed by atoms with Crippen LogP contribution >= 0.6 is 0 Å². The van der Waals surface area contributed by atoms with Crippen LogP contribution in [0.1, 0.15) is 70.2 Å². The van der Waals surface area contributed by atoms with E-state index in [0.717, 1.165) is 0 Å². The maximum absolute atomic E-state index is 11.8. The molecule has 0 aromatic carbocycles. The molecule has 0 aliphatic rings. The van der Waals surface area contributed by atoms with E-state index in [2.05, 4.69) is 0 Å². The van der Waals surface area contributed by atoms with Crippen molar-refractivity contribution < 1.29 is 13.2 Å². The minimum Gasteiger partial charge on any atom is -0.299 e. The third-order valence-electron chi connectivity index (χ3n) is 2.53. The molecule has 0 rings (SSSR count). The fourth-order valence-corrected chi connectivity index (χ4v) is 2.99. The summed E-state index contributed by atoms with van der Waals surface area (Å²) in [5.41, 5.74) is -0.910. The normalized spacial score (nSPS) is 12.0. The molecule has 0 aromatic heterocycles. The van der Waals surface area contributed by atoms with Gasteiger partial charge in [-0.3, -0.25) is 4.79 Å². The number of sulfonamides is 1. The Balaban J connectivity index is -0.000000427. The predicted octanol–water partition coefficient (Wildman–Crippen LogP) is 3.96. The van der Waals surface area contributed by atoms with E-state index >= 15 is 0 Å². The molecule has 0 N–H and O–H groups in total. The highest BCUT2D eigenvalue weighted by molar-refractivity contribution is 7.88. The fraction of sp³-hybridized carbons (Fsp3) is 0.933. The van der Waals surface area contributed by atoms with Crippen LogP contribution in [0.2, 0.25) is 0 Å². The van der Waals surface area contributed by atoms with Gasteiger partial charge in [0.2, 0.25) is 10.0 Å². The quantitative estimate of drug-likeness (QED) is 0.789. The zero-order valence-corrected chi connectivity index (χ0v) is 12.8. The van der Waals surface area contributed by atoms with E-state index in [9.17, 15) is 13.2 Å². The highest BCUT2D eigenvalue weighted by atomic mass is 32.2. The molecule has 0 heterocycles. The van der Waals surface area contributed by atoms with E-state index in [1.807, 2.05) is 41.5 Å². The molecule has 0 radical (unpaired) electrons. The summed E-state index contributed by atoms with van der Waals surface area (Å²) < 4.78 is 24.7. The van der Waals surface area contributed by atoms with Gasteiger partial charge in [0.05, 0.1) is 6.26 Å². The number of ketones is 1. The van der Waals surface area contributed by atoms with Crippen molar-refractivity contribution in [1.82, 2.24) is 4.31 Å². The van der Waals surface area contributed by atoms with Gasteiger partial charge in [0.15, 0.2) is 0 Å². The van der Waals surface area contributed by atoms with Gasteiger partial charge in [0.1, 0.15) is 5.78 Å². The van der Waals surface area contributed by atoms with E-state index in [0.29, 0.717) is 0 Å². The van der Waals surface area contributed by atoms with E-state index in [-0.39, 0.29) is 41.0 Å². The van der Waals surface area contributed by atoms with Crippen LogP contribution in [0.4, 0.5) is 0 Å². The molecule has 0 aliphatic carbocycles. The number of rotatable bonds is 4. The average Bonchev–Trinajstić information content (AvgIpc) is 1.96. The number of hydrogen-bond donors (Lipinski definition) is 0. The van der Waals surface area contributed by atoms with Crippen molar-refractivity contribution in [1.29, 1.82) is 0 Å². The summed E-state index contributed by atoms with van der Waals surface area (Å²) in [6, 6.07) is 0. The topological polar surface area (TPSA) is 54.5 Å². The van der Waals surface area contributed by atoms with Gasteiger partial charge >= 0.3 is 0 Å². The Morgan fingerprint density at radius 2 is 1.30 bits per heavy atom. The summed E-state index contributed by atoms with van der Waals surface area (Å²) in [5, 5.41) is 0. The summed E-state index contributed by atoms with van der Waals surface area (Å²) in [7, 11) is -3.28. The molecule has 0 saturated carbocycles. The summed E-state index contributed by atoms with van der Waals surface area (Å²) >= 11 is 0. The molecular weight excluding hydrogens is 274 g/mol. The molecule has 0 bridgehead atoms. The molecule has 0 fully saturated rings. The minimum absolute atomic E-state index is 0. The van der Waals surface area contributed by atoms with Crippen LogP contribution < -0.4 is 0 Å². The third-order valence-corrected chi connectivity index (χ3v) is 4.06. The zero-order chi connectivity index (χ0) is 14.1. The van der Waals surface area contributed by atoms with Crippen LogP contribution in [0.25, 0.3) is 0 Å². The first-order valence-electron chi connectivity index (χ1n) is 5.77. The SMILES string of the molecule is C.C.C.CC(C)(C)C(=O)CCN(C(C)(C)C)S(C)(=O)=O. The van der Waals surface area contributed by atoms with Crippen molar-refractivity contribution in [2.45, 2.75) is 75.8 Å². The third kappa shape index (κ3) is 9.48. The van der Waals surface area contributed by atoms with E-state index in [1.54, 1.807) is 0 Å². The summed E-state index contributed by atoms with van der Waals surface area (Å²) in [6.45, 7) is 11.3. The molecule has 0 atom stereocenters. The number of hydrogen-bond acceptors (Lipinski definition) is 3. The fourth-order valence-electron chi connectivity index (χ4n) is 1.58. The van der Waals surface area contributed by atoms with Gasteiger partial charge in [-0.15, -0.1) is 0 Å². The van der Waals surface area contributed by atoms with Crippen molar-refractivity contribution in [3.8, 4) is 0 Å². The van der Waals surface area contributed by atoms with Gasteiger partial charge in [-0.1, -0.05) is 43.1 Å². The maximum Gasteiger partial charge on any atom is 0.211 e. The Labute approximate surface area is 128 Å². The van der Waals surface area contributed by atoms with Crippen LogP contribution in [-0.4, -0.2) is 36.8 Å². The van der Waals surface area contributed by atoms with Gasteiger partial charge in [-0.05, 0) is 20.8 Å². The van der Waals surface area contributed by atoms with Crippen LogP contribution in [0.5, 0.6) is 0 Å². The van der Waals surface area contributed by atoms with Crippen molar-refractivity contribution in [2.24, 2.45) is 5.41 Å². The van der Waals surface area contributed by atoms with Crippen molar-refractivity contribution in [3.05, 3.63) is 0 Å². The maximum atomic E-state index is 11.8. The van der Waals surface area contributed by atoms with Crippen molar-refractivity contribution in [3.63, 3.8) is 0 Å². The Kier molecular flexibility index (Phi) is 12.2. The Hall–Kier alpha value is -0.420. The second kappa shape index (κ2) is 8.78. The van der Waals surface area contributed by atoms with Gasteiger partial charge in [0, 0.05) is 23.9 Å². The van der Waals surface area contributed by atoms with Crippen molar-refractivity contribution in [2.75, 3.05) is 12.8 Å². The molecule has 5 heteroatoms. The molecule has 0 aromatic rings. The molecule has 0 spiro atoms.